The fraction of sp³-hybridized carbons (Fsp3) is 0.375. The quantitative estimate of drug-likeness (QED) is 0.239. The van der Waals surface area contributed by atoms with Crippen molar-refractivity contribution in [2.45, 2.75) is 59.2 Å². The number of nitrogens with two attached hydrogens (primary N) is 1. The summed E-state index contributed by atoms with van der Waals surface area (Å²) in [6.45, 7) is 10.6. The molecule has 2 heterocycles. The van der Waals surface area contributed by atoms with Gasteiger partial charge in [0.05, 0.1) is 25.1 Å². The molecular weight excluding hydrogens is 550 g/mol. The fourth-order valence-electron chi connectivity index (χ4n) is 4.34. The maximum Gasteiger partial charge on any atom is 0.425 e. The highest BCUT2D eigenvalue weighted by molar-refractivity contribution is 6.09. The van der Waals surface area contributed by atoms with E-state index < -0.39 is 23.4 Å². The van der Waals surface area contributed by atoms with E-state index in [9.17, 15) is 9.59 Å². The third kappa shape index (κ3) is 7.73. The molecule has 11 nitrogen and oxygen atoms in total. The van der Waals surface area contributed by atoms with Crippen LogP contribution in [0.25, 0.3) is 22.2 Å². The third-order valence-corrected chi connectivity index (χ3v) is 6.07. The highest BCUT2D eigenvalue weighted by atomic mass is 16.6. The van der Waals surface area contributed by atoms with Gasteiger partial charge in [-0.2, -0.15) is 10.00 Å². The first-order valence-electron chi connectivity index (χ1n) is 13.9. The molecule has 2 aromatic heterocycles. The number of benzene rings is 2. The van der Waals surface area contributed by atoms with Crippen molar-refractivity contribution in [1.82, 2.24) is 14.8 Å². The van der Waals surface area contributed by atoms with E-state index in [2.05, 4.69) is 10.1 Å². The second-order valence-electron chi connectivity index (χ2n) is 12.0. The lowest BCUT2D eigenvalue weighted by Gasteiger charge is -2.28. The van der Waals surface area contributed by atoms with Gasteiger partial charge in [-0.3, -0.25) is 4.68 Å². The molecule has 0 unspecified atom stereocenters. The lowest BCUT2D eigenvalue weighted by molar-refractivity contribution is 0.0429. The number of ether oxygens (including phenoxy) is 4. The summed E-state index contributed by atoms with van der Waals surface area (Å²) < 4.78 is 24.5. The number of carbonyl (C=O) groups is 2. The maximum atomic E-state index is 13.1. The minimum Gasteiger partial charge on any atom is -0.494 e. The number of amides is 2. The van der Waals surface area contributed by atoms with E-state index >= 15 is 0 Å². The molecule has 2 N–H and O–H groups in total. The number of aryl methyl sites for hydroxylation is 1. The zero-order chi connectivity index (χ0) is 31.5. The number of methoxy groups -OCH3 is 1. The zero-order valence-electron chi connectivity index (χ0n) is 25.9. The molecule has 0 aliphatic carbocycles. The van der Waals surface area contributed by atoms with Crippen molar-refractivity contribution in [3.63, 3.8) is 0 Å². The Balaban J connectivity index is 1.62. The minimum absolute atomic E-state index is 0.0509. The number of para-hydroxylation sites is 1. The van der Waals surface area contributed by atoms with Crippen LogP contribution in [0.2, 0.25) is 0 Å². The molecule has 0 aliphatic heterocycles. The average molecular weight is 590 g/mol. The Labute approximate surface area is 251 Å². The lowest BCUT2D eigenvalue weighted by atomic mass is 10.0. The number of hydrogen-bond acceptors (Lipinski definition) is 9. The molecule has 0 atom stereocenters. The number of fused-ring (bicyclic) bond motifs is 1. The molecule has 2 aromatic carbocycles. The van der Waals surface area contributed by atoms with E-state index in [4.69, 9.17) is 24.7 Å². The molecule has 0 radical (unpaired) electrons. The van der Waals surface area contributed by atoms with E-state index in [0.29, 0.717) is 35.7 Å². The van der Waals surface area contributed by atoms with Crippen molar-refractivity contribution < 1.29 is 28.5 Å². The molecule has 0 saturated heterocycles. The van der Waals surface area contributed by atoms with Gasteiger partial charge < -0.3 is 24.7 Å². The van der Waals surface area contributed by atoms with Crippen LogP contribution in [0, 0.1) is 0 Å². The number of nitrogen functional groups attached to an aromatic ring is 1. The second kappa shape index (κ2) is 12.2. The van der Waals surface area contributed by atoms with Crippen molar-refractivity contribution in [1.29, 1.82) is 0 Å². The van der Waals surface area contributed by atoms with Gasteiger partial charge >= 0.3 is 12.2 Å². The van der Waals surface area contributed by atoms with Crippen LogP contribution in [-0.4, -0.2) is 51.9 Å². The Hall–Kier alpha value is -4.80. The Kier molecular flexibility index (Phi) is 8.84. The van der Waals surface area contributed by atoms with Crippen molar-refractivity contribution in [3.8, 4) is 22.8 Å². The van der Waals surface area contributed by atoms with Gasteiger partial charge in [0.1, 0.15) is 28.3 Å². The molecule has 2 amide bonds. The van der Waals surface area contributed by atoms with Crippen molar-refractivity contribution in [2.75, 3.05) is 24.4 Å². The van der Waals surface area contributed by atoms with Crippen LogP contribution in [0.5, 0.6) is 11.5 Å². The first-order chi connectivity index (χ1) is 20.1. The molecule has 0 bridgehead atoms. The smallest absolute Gasteiger partial charge is 0.425 e. The monoisotopic (exact) mass is 589 g/mol. The average Bonchev–Trinajstić information content (AvgIpc) is 3.32. The summed E-state index contributed by atoms with van der Waals surface area (Å²) in [6.07, 6.45) is 0.599. The van der Waals surface area contributed by atoms with Crippen molar-refractivity contribution >= 4 is 34.6 Å². The summed E-state index contributed by atoms with van der Waals surface area (Å²) in [5, 5.41) is 5.26. The van der Waals surface area contributed by atoms with E-state index in [1.54, 1.807) is 71.5 Å². The molecule has 0 spiro atoms. The molecule has 4 aromatic rings. The SMILES string of the molecule is COc1c(N)cc(CCOc2cccc3ccc(N(C(=O)OC(C)(C)C)C(=O)OC(C)(C)C)nc23)cc1-c1ccn(C)n1. The van der Waals surface area contributed by atoms with Gasteiger partial charge in [-0.1, -0.05) is 12.1 Å². The van der Waals surface area contributed by atoms with Gasteiger partial charge in [0.25, 0.3) is 0 Å². The zero-order valence-corrected chi connectivity index (χ0v) is 25.9. The fourth-order valence-corrected chi connectivity index (χ4v) is 4.34. The van der Waals surface area contributed by atoms with Gasteiger partial charge in [-0.15, -0.1) is 0 Å². The van der Waals surface area contributed by atoms with E-state index in [1.165, 1.54) is 0 Å². The molecule has 11 heteroatoms. The molecule has 228 valence electrons. The highest BCUT2D eigenvalue weighted by Gasteiger charge is 2.33. The first-order valence-corrected chi connectivity index (χ1v) is 13.9. The maximum absolute atomic E-state index is 13.1. The second-order valence-corrected chi connectivity index (χ2v) is 12.0. The third-order valence-electron chi connectivity index (χ3n) is 6.07. The predicted molar refractivity (Wildman–Crippen MR) is 165 cm³/mol. The summed E-state index contributed by atoms with van der Waals surface area (Å²) in [5.41, 5.74) is 8.08. The summed E-state index contributed by atoms with van der Waals surface area (Å²) in [6, 6.07) is 14.6. The summed E-state index contributed by atoms with van der Waals surface area (Å²) in [7, 11) is 3.43. The van der Waals surface area contributed by atoms with Gasteiger partial charge in [0, 0.05) is 30.6 Å². The number of rotatable bonds is 7. The van der Waals surface area contributed by atoms with Gasteiger partial charge in [-0.05, 0) is 83.5 Å². The largest absolute Gasteiger partial charge is 0.494 e. The van der Waals surface area contributed by atoms with Gasteiger partial charge in [-0.25, -0.2) is 14.6 Å². The van der Waals surface area contributed by atoms with E-state index in [1.807, 2.05) is 43.6 Å². The van der Waals surface area contributed by atoms with E-state index in [-0.39, 0.29) is 5.82 Å². The minimum atomic E-state index is -0.896. The summed E-state index contributed by atoms with van der Waals surface area (Å²) in [4.78, 5) is 31.7. The molecular formula is C32H39N5O6. The van der Waals surface area contributed by atoms with Crippen LogP contribution in [-0.2, 0) is 22.9 Å². The number of aromatic nitrogens is 3. The predicted octanol–water partition coefficient (Wildman–Crippen LogP) is 6.52. The Morgan fingerprint density at radius 1 is 0.953 bits per heavy atom. The number of anilines is 2. The van der Waals surface area contributed by atoms with Crippen LogP contribution in [0.4, 0.5) is 21.1 Å². The number of imide groups is 1. The number of hydrogen-bond donors (Lipinski definition) is 1. The number of pyridine rings is 1. The standard InChI is InChI=1S/C32H39N5O6/c1-31(2,3)42-29(38)37(30(39)43-32(4,5)6)26-13-12-21-10-9-11-25(27(21)34-26)41-17-15-20-18-22(24-14-16-36(7)35-24)28(40-8)23(33)19-20/h9-14,16,18-19H,15,17,33H2,1-8H3. The Morgan fingerprint density at radius 2 is 1.63 bits per heavy atom. The van der Waals surface area contributed by atoms with Crippen LogP contribution < -0.4 is 20.1 Å². The van der Waals surface area contributed by atoms with Crippen LogP contribution >= 0.6 is 0 Å². The van der Waals surface area contributed by atoms with Crippen molar-refractivity contribution in [2.24, 2.45) is 7.05 Å². The summed E-state index contributed by atoms with van der Waals surface area (Å²) >= 11 is 0. The van der Waals surface area contributed by atoms with Crippen LogP contribution in [0.3, 0.4) is 0 Å². The topological polar surface area (TPSA) is 131 Å². The summed E-state index contributed by atoms with van der Waals surface area (Å²) in [5.74, 6) is 1.10. The van der Waals surface area contributed by atoms with Crippen molar-refractivity contribution in [3.05, 3.63) is 60.3 Å². The molecule has 43 heavy (non-hydrogen) atoms. The normalized spacial score (nSPS) is 11.7. The Bertz CT molecular complexity index is 1610. The molecule has 0 aliphatic rings. The highest BCUT2D eigenvalue weighted by Crippen LogP contribution is 2.36. The lowest BCUT2D eigenvalue weighted by Crippen LogP contribution is -2.44. The Morgan fingerprint density at radius 3 is 2.21 bits per heavy atom. The molecule has 0 saturated carbocycles. The number of carbonyl (C=O) groups excluding carboxylic acids is 2. The molecule has 0 fully saturated rings. The van der Waals surface area contributed by atoms with E-state index in [0.717, 1.165) is 27.1 Å². The first kappa shape index (κ1) is 31.1. The van der Waals surface area contributed by atoms with Crippen LogP contribution in [0.1, 0.15) is 47.1 Å². The molecule has 4 rings (SSSR count). The van der Waals surface area contributed by atoms with Gasteiger partial charge in [0.15, 0.2) is 5.75 Å². The van der Waals surface area contributed by atoms with Crippen LogP contribution in [0.15, 0.2) is 54.7 Å². The number of nitrogens with zero attached hydrogens (tertiary/aromatic N) is 4. The van der Waals surface area contributed by atoms with Gasteiger partial charge in [0.2, 0.25) is 0 Å².